The molecule has 3 aromatic rings. The molecule has 0 atom stereocenters. The van der Waals surface area contributed by atoms with E-state index in [4.69, 9.17) is 4.74 Å². The van der Waals surface area contributed by atoms with E-state index >= 15 is 0 Å². The molecule has 0 radical (unpaired) electrons. The van der Waals surface area contributed by atoms with Crippen LogP contribution in [-0.2, 0) is 16.6 Å². The summed E-state index contributed by atoms with van der Waals surface area (Å²) >= 11 is 0. The molecule has 2 aliphatic rings. The van der Waals surface area contributed by atoms with Gasteiger partial charge >= 0.3 is 0 Å². The summed E-state index contributed by atoms with van der Waals surface area (Å²) in [6, 6.07) is 14.7. The highest BCUT2D eigenvalue weighted by molar-refractivity contribution is 5.91. The Morgan fingerprint density at radius 3 is 2.21 bits per heavy atom. The normalized spacial score (nSPS) is 16.6. The van der Waals surface area contributed by atoms with Crippen molar-refractivity contribution in [1.82, 2.24) is 10.6 Å². The minimum atomic E-state index is -1.26. The molecule has 0 aromatic heterocycles. The lowest BCUT2D eigenvalue weighted by Crippen LogP contribution is -2.42. The second-order valence-corrected chi connectivity index (χ2v) is 11.1. The standard InChI is InChI=1S/C32H36F3N3O2.2ClH/c1-21-2-5-24(38-31(39)16-22-8-12-36-13-9-22)17-26(21)32(10-14-37-15-11-32)20-23-3-6-25(7-4-23)40-30-19-28(34)27(33)18-29(30)35;;/h2-7,17-19,22,36-37H,8-16,20H2,1H3,(H,38,39);2*1H. The monoisotopic (exact) mass is 623 g/mol. The molecule has 10 heteroatoms. The summed E-state index contributed by atoms with van der Waals surface area (Å²) in [7, 11) is 0. The molecule has 0 bridgehead atoms. The molecular formula is C32H38Cl2F3N3O2. The molecule has 42 heavy (non-hydrogen) atoms. The van der Waals surface area contributed by atoms with E-state index in [1.165, 1.54) is 11.1 Å². The van der Waals surface area contributed by atoms with Gasteiger partial charge in [-0.15, -0.1) is 24.8 Å². The van der Waals surface area contributed by atoms with Gasteiger partial charge in [0.25, 0.3) is 0 Å². The van der Waals surface area contributed by atoms with E-state index in [0.29, 0.717) is 30.2 Å². The number of nitrogens with one attached hydrogen (secondary N) is 3. The third-order valence-corrected chi connectivity index (χ3v) is 8.25. The van der Waals surface area contributed by atoms with Gasteiger partial charge in [0.1, 0.15) is 5.75 Å². The molecule has 0 unspecified atom stereocenters. The first-order valence-electron chi connectivity index (χ1n) is 14.1. The van der Waals surface area contributed by atoms with Gasteiger partial charge in [0, 0.05) is 29.7 Å². The molecule has 0 aliphatic carbocycles. The minimum absolute atomic E-state index is 0. The maximum Gasteiger partial charge on any atom is 0.224 e. The van der Waals surface area contributed by atoms with E-state index in [0.717, 1.165) is 69.5 Å². The number of piperidine rings is 2. The second kappa shape index (κ2) is 15.1. The maximum absolute atomic E-state index is 14.0. The molecule has 2 heterocycles. The summed E-state index contributed by atoms with van der Waals surface area (Å²) in [5, 5.41) is 9.96. The van der Waals surface area contributed by atoms with Crippen LogP contribution in [0.1, 0.15) is 48.8 Å². The van der Waals surface area contributed by atoms with Gasteiger partial charge in [0.2, 0.25) is 5.91 Å². The number of anilines is 1. The Morgan fingerprint density at radius 1 is 0.881 bits per heavy atom. The van der Waals surface area contributed by atoms with Crippen LogP contribution in [-0.4, -0.2) is 32.1 Å². The van der Waals surface area contributed by atoms with E-state index in [1.54, 1.807) is 12.1 Å². The van der Waals surface area contributed by atoms with Crippen molar-refractivity contribution in [2.45, 2.75) is 50.9 Å². The molecule has 3 N–H and O–H groups in total. The lowest BCUT2D eigenvalue weighted by atomic mass is 9.68. The Kier molecular flexibility index (Phi) is 12.1. The van der Waals surface area contributed by atoms with E-state index in [2.05, 4.69) is 35.0 Å². The Hall–Kier alpha value is -2.78. The van der Waals surface area contributed by atoms with Crippen molar-refractivity contribution in [3.63, 3.8) is 0 Å². The molecule has 0 spiro atoms. The Morgan fingerprint density at radius 2 is 1.52 bits per heavy atom. The van der Waals surface area contributed by atoms with Crippen LogP contribution in [0.2, 0.25) is 0 Å². The largest absolute Gasteiger partial charge is 0.454 e. The SMILES string of the molecule is Cc1ccc(NC(=O)CC2CCNCC2)cc1C1(Cc2ccc(Oc3cc(F)c(F)cc3F)cc2)CCNCC1.Cl.Cl. The first-order valence-corrected chi connectivity index (χ1v) is 14.1. The first kappa shape index (κ1) is 33.7. The van der Waals surface area contributed by atoms with Gasteiger partial charge in [0.05, 0.1) is 0 Å². The van der Waals surface area contributed by atoms with Crippen molar-refractivity contribution in [1.29, 1.82) is 0 Å². The number of aryl methyl sites for hydroxylation is 1. The fourth-order valence-electron chi connectivity index (χ4n) is 6.05. The van der Waals surface area contributed by atoms with E-state index < -0.39 is 17.5 Å². The smallest absolute Gasteiger partial charge is 0.224 e. The highest BCUT2D eigenvalue weighted by atomic mass is 35.5. The van der Waals surface area contributed by atoms with Gasteiger partial charge in [-0.2, -0.15) is 0 Å². The maximum atomic E-state index is 14.0. The molecule has 1 amide bonds. The average molecular weight is 625 g/mol. The third-order valence-electron chi connectivity index (χ3n) is 8.25. The number of hydrogen-bond donors (Lipinski definition) is 3. The number of amides is 1. The molecule has 3 aromatic carbocycles. The number of carbonyl (C=O) groups excluding carboxylic acids is 1. The highest BCUT2D eigenvalue weighted by Gasteiger charge is 2.35. The van der Waals surface area contributed by atoms with E-state index in [-0.39, 0.29) is 41.9 Å². The van der Waals surface area contributed by atoms with Gasteiger partial charge in [-0.25, -0.2) is 13.2 Å². The topological polar surface area (TPSA) is 62.4 Å². The number of carbonyl (C=O) groups is 1. The zero-order valence-corrected chi connectivity index (χ0v) is 25.2. The summed E-state index contributed by atoms with van der Waals surface area (Å²) in [4.78, 5) is 12.8. The van der Waals surface area contributed by atoms with Crippen LogP contribution in [0.5, 0.6) is 11.5 Å². The zero-order chi connectivity index (χ0) is 28.1. The van der Waals surface area contributed by atoms with Gasteiger partial charge in [-0.3, -0.25) is 4.79 Å². The summed E-state index contributed by atoms with van der Waals surface area (Å²) in [6.45, 7) is 5.84. The molecule has 5 nitrogen and oxygen atoms in total. The number of ether oxygens (including phenoxy) is 1. The summed E-state index contributed by atoms with van der Waals surface area (Å²) in [6.07, 6.45) is 5.27. The van der Waals surface area contributed by atoms with Crippen LogP contribution in [0.4, 0.5) is 18.9 Å². The zero-order valence-electron chi connectivity index (χ0n) is 23.6. The van der Waals surface area contributed by atoms with Crippen LogP contribution in [0, 0.1) is 30.3 Å². The summed E-state index contributed by atoms with van der Waals surface area (Å²) in [5.41, 5.74) is 4.21. The van der Waals surface area contributed by atoms with Crippen LogP contribution >= 0.6 is 24.8 Å². The first-order chi connectivity index (χ1) is 19.3. The lowest BCUT2D eigenvalue weighted by molar-refractivity contribution is -0.117. The lowest BCUT2D eigenvalue weighted by Gasteiger charge is -2.40. The van der Waals surface area contributed by atoms with Gasteiger partial charge in [-0.1, -0.05) is 18.2 Å². The Bertz CT molecular complexity index is 1350. The van der Waals surface area contributed by atoms with Crippen molar-refractivity contribution in [3.8, 4) is 11.5 Å². The summed E-state index contributed by atoms with van der Waals surface area (Å²) < 4.78 is 46.4. The van der Waals surface area contributed by atoms with Crippen LogP contribution in [0.3, 0.4) is 0 Å². The van der Waals surface area contributed by atoms with Crippen molar-refractivity contribution < 1.29 is 22.7 Å². The second-order valence-electron chi connectivity index (χ2n) is 11.1. The average Bonchev–Trinajstić information content (AvgIpc) is 2.95. The van der Waals surface area contributed by atoms with E-state index in [1.807, 2.05) is 18.2 Å². The number of hydrogen-bond acceptors (Lipinski definition) is 4. The molecule has 228 valence electrons. The van der Waals surface area contributed by atoms with Crippen molar-refractivity contribution in [3.05, 3.63) is 88.7 Å². The molecule has 2 fully saturated rings. The Balaban J connectivity index is 0.00000242. The van der Waals surface area contributed by atoms with Crippen LogP contribution in [0.25, 0.3) is 0 Å². The molecule has 2 saturated heterocycles. The fraction of sp³-hybridized carbons (Fsp3) is 0.406. The van der Waals surface area contributed by atoms with Crippen LogP contribution < -0.4 is 20.7 Å². The predicted octanol–water partition coefficient (Wildman–Crippen LogP) is 7.24. The molecular weight excluding hydrogens is 586 g/mol. The molecule has 0 saturated carbocycles. The van der Waals surface area contributed by atoms with E-state index in [9.17, 15) is 18.0 Å². The van der Waals surface area contributed by atoms with Crippen LogP contribution in [0.15, 0.2) is 54.6 Å². The predicted molar refractivity (Wildman–Crippen MR) is 165 cm³/mol. The van der Waals surface area contributed by atoms with Gasteiger partial charge < -0.3 is 20.7 Å². The summed E-state index contributed by atoms with van der Waals surface area (Å²) in [5.74, 6) is -2.93. The van der Waals surface area contributed by atoms with Gasteiger partial charge in [0.15, 0.2) is 23.2 Å². The van der Waals surface area contributed by atoms with Crippen molar-refractivity contribution >= 4 is 36.4 Å². The molecule has 5 rings (SSSR count). The Labute approximate surface area is 257 Å². The van der Waals surface area contributed by atoms with Crippen molar-refractivity contribution in [2.24, 2.45) is 5.92 Å². The fourth-order valence-corrected chi connectivity index (χ4v) is 6.05. The minimum Gasteiger partial charge on any atom is -0.454 e. The number of rotatable bonds is 8. The highest BCUT2D eigenvalue weighted by Crippen LogP contribution is 2.40. The quantitative estimate of drug-likeness (QED) is 0.231. The number of benzene rings is 3. The number of halogens is 5. The van der Waals surface area contributed by atoms with Gasteiger partial charge in [-0.05, 0) is 112 Å². The third kappa shape index (κ3) is 8.19. The molecule has 2 aliphatic heterocycles. The van der Waals surface area contributed by atoms with Crippen molar-refractivity contribution in [2.75, 3.05) is 31.5 Å².